The standard InChI is InChI=1S/C24H31FN6O4S/c1-3-8-36-24-27-22(26-16-10-14(16)13-5-4-12(2)15(25)9-13)19-23(28-24)31(30-29-19)17-11-18(35-7-6-32)21(34)20(17)33/h4-5,9,14,16-18,20-21,32-34H,3,6-8,10-11H2,1-2H3,(H,26,27,28)/t14-,16+,17+,18-,20-,21+/m0/s1/i6D2,7D2,8D2,11D2,14D,16D,17D,18D,20D,21D. The number of benzene rings is 1. The van der Waals surface area contributed by atoms with E-state index in [4.69, 9.17) is 19.2 Å². The van der Waals surface area contributed by atoms with Gasteiger partial charge in [-0.2, -0.15) is 0 Å². The fourth-order valence-corrected chi connectivity index (χ4v) is 3.96. The molecule has 5 rings (SSSR count). The van der Waals surface area contributed by atoms with Gasteiger partial charge >= 0.3 is 0 Å². The normalized spacial score (nSPS) is 48.2. The van der Waals surface area contributed by atoms with E-state index in [-0.39, 0.29) is 23.1 Å². The molecule has 12 heteroatoms. The summed E-state index contributed by atoms with van der Waals surface area (Å²) in [5.74, 6) is -2.86. The fourth-order valence-electron chi connectivity index (χ4n) is 3.41. The molecule has 2 saturated carbocycles. The molecule has 2 aromatic heterocycles. The number of fused-ring (bicyclic) bond motifs is 1. The van der Waals surface area contributed by atoms with Crippen LogP contribution in [0.25, 0.3) is 11.2 Å². The van der Waals surface area contributed by atoms with Crippen LogP contribution in [0.5, 0.6) is 0 Å². The number of ether oxygens (including phenoxy) is 1. The highest BCUT2D eigenvalue weighted by Gasteiger charge is 2.45. The Morgan fingerprint density at radius 3 is 2.94 bits per heavy atom. The maximum absolute atomic E-state index is 14.4. The summed E-state index contributed by atoms with van der Waals surface area (Å²) < 4.78 is 135. The maximum Gasteiger partial charge on any atom is 0.191 e. The van der Waals surface area contributed by atoms with Gasteiger partial charge in [-0.05, 0) is 37.0 Å². The Balaban J connectivity index is 1.71. The molecule has 4 N–H and O–H groups in total. The monoisotopic (exact) mass is 532 g/mol. The highest BCUT2D eigenvalue weighted by atomic mass is 32.2. The Bertz CT molecular complexity index is 1870. The lowest BCUT2D eigenvalue weighted by Gasteiger charge is -2.17. The quantitative estimate of drug-likeness (QED) is 0.227. The van der Waals surface area contributed by atoms with E-state index in [1.165, 1.54) is 26.0 Å². The number of anilines is 1. The van der Waals surface area contributed by atoms with Crippen molar-refractivity contribution in [3.05, 3.63) is 35.1 Å². The average Bonchev–Trinajstić information content (AvgIpc) is 3.26. The number of nitrogens with zero attached hydrogens (tertiary/aromatic N) is 5. The van der Waals surface area contributed by atoms with Crippen molar-refractivity contribution in [2.24, 2.45) is 0 Å². The van der Waals surface area contributed by atoms with Crippen LogP contribution < -0.4 is 5.32 Å². The number of rotatable bonds is 10. The predicted molar refractivity (Wildman–Crippen MR) is 133 cm³/mol. The number of hydrogen-bond acceptors (Lipinski definition) is 10. The molecule has 0 amide bonds. The predicted octanol–water partition coefficient (Wildman–Crippen LogP) is 2.18. The molecule has 0 spiro atoms. The first-order chi connectivity index (χ1) is 22.4. The van der Waals surface area contributed by atoms with Gasteiger partial charge in [-0.15, -0.1) is 5.10 Å². The molecule has 6 atom stereocenters. The zero-order valence-electron chi connectivity index (χ0n) is 32.9. The Morgan fingerprint density at radius 2 is 2.19 bits per heavy atom. The number of thioether (sulfide) groups is 1. The Hall–Kier alpha value is -2.38. The van der Waals surface area contributed by atoms with Gasteiger partial charge in [-0.1, -0.05) is 36.0 Å². The van der Waals surface area contributed by atoms with E-state index >= 15 is 0 Å². The molecule has 36 heavy (non-hydrogen) atoms. The van der Waals surface area contributed by atoms with Crippen LogP contribution >= 0.6 is 11.8 Å². The van der Waals surface area contributed by atoms with Gasteiger partial charge in [0.05, 0.1) is 37.6 Å². The molecule has 0 saturated heterocycles. The van der Waals surface area contributed by atoms with Gasteiger partial charge in [-0.25, -0.2) is 19.0 Å². The van der Waals surface area contributed by atoms with Gasteiger partial charge in [0.25, 0.3) is 0 Å². The molecule has 3 aromatic rings. The van der Waals surface area contributed by atoms with Gasteiger partial charge in [0.1, 0.15) is 18.0 Å². The largest absolute Gasteiger partial charge is 0.394 e. The van der Waals surface area contributed by atoms with E-state index in [1.54, 1.807) is 0 Å². The SMILES string of the molecule is [2H]C([2H])(CC)Sc1nc(N[C@]2([2H])C[C@@]2([2H])c2ccc(C)c(F)c2)c2nnn([C@]3([2H])C([2H])([2H])[C@]([2H])(OC([2H])([2H])C([2H])([2H])O)[C@@]([2H])(O)[C@@]3([2H])O)c2n1. The molecule has 0 bridgehead atoms. The van der Waals surface area contributed by atoms with Crippen molar-refractivity contribution < 1.29 is 43.6 Å². The third-order valence-corrected chi connectivity index (χ3v) is 6.07. The third kappa shape index (κ3) is 4.92. The molecule has 10 nitrogen and oxygen atoms in total. The highest BCUT2D eigenvalue weighted by molar-refractivity contribution is 7.99. The van der Waals surface area contributed by atoms with Crippen molar-refractivity contribution in [2.45, 2.75) is 74.4 Å². The topological polar surface area (TPSA) is 138 Å². The van der Waals surface area contributed by atoms with Crippen LogP contribution in [0.3, 0.4) is 0 Å². The van der Waals surface area contributed by atoms with E-state index in [9.17, 15) is 19.7 Å². The number of aromatic nitrogens is 5. The summed E-state index contributed by atoms with van der Waals surface area (Å²) in [6.07, 6.45) is -17.4. The zero-order valence-corrected chi connectivity index (χ0v) is 19.7. The van der Waals surface area contributed by atoms with Gasteiger partial charge in [0, 0.05) is 30.8 Å². The van der Waals surface area contributed by atoms with E-state index < -0.39 is 89.3 Å². The average molecular weight is 533 g/mol. The van der Waals surface area contributed by atoms with Crippen LogP contribution in [0.1, 0.15) is 68.4 Å². The molecule has 2 aliphatic carbocycles. The lowest BCUT2D eigenvalue weighted by Crippen LogP contribution is -2.33. The van der Waals surface area contributed by atoms with Gasteiger partial charge in [-0.3, -0.25) is 0 Å². The minimum absolute atomic E-state index is 0.0445. The summed E-state index contributed by atoms with van der Waals surface area (Å²) in [6, 6.07) is -1.95. The molecule has 0 radical (unpaired) electrons. The van der Waals surface area contributed by atoms with Crippen molar-refractivity contribution >= 4 is 28.7 Å². The van der Waals surface area contributed by atoms with Crippen LogP contribution in [0.2, 0.25) is 0 Å². The Kier molecular flexibility index (Phi) is 3.93. The maximum atomic E-state index is 14.4. The molecule has 2 heterocycles. The molecule has 194 valence electrons. The molecule has 2 fully saturated rings. The summed E-state index contributed by atoms with van der Waals surface area (Å²) in [5, 5.41) is 41.5. The summed E-state index contributed by atoms with van der Waals surface area (Å²) in [5.41, 5.74) is -3.01. The second-order valence-corrected chi connectivity index (χ2v) is 8.52. The van der Waals surface area contributed by atoms with Crippen LogP contribution in [-0.2, 0) is 4.74 Å². The summed E-state index contributed by atoms with van der Waals surface area (Å²) in [6.45, 7) is -5.11. The minimum atomic E-state index is -4.36. The number of halogens is 1. The lowest BCUT2D eigenvalue weighted by molar-refractivity contribution is -0.0629. The Labute approximate surface area is 232 Å². The van der Waals surface area contributed by atoms with E-state index in [2.05, 4.69) is 30.3 Å². The third-order valence-electron chi connectivity index (χ3n) is 5.28. The van der Waals surface area contributed by atoms with E-state index in [1.807, 2.05) is 0 Å². The van der Waals surface area contributed by atoms with Gasteiger partial charge in [0.15, 0.2) is 22.1 Å². The molecular formula is C24H31FN6O4S. The first kappa shape index (κ1) is 13.4. The Morgan fingerprint density at radius 1 is 1.36 bits per heavy atom. The number of hydrogen-bond donors (Lipinski definition) is 4. The van der Waals surface area contributed by atoms with Crippen LogP contribution in [-0.4, -0.2) is 83.4 Å². The second-order valence-electron chi connectivity index (χ2n) is 7.67. The van der Waals surface area contributed by atoms with Crippen LogP contribution in [0.4, 0.5) is 10.2 Å². The summed E-state index contributed by atoms with van der Waals surface area (Å²) in [4.78, 5) is 8.27. The molecule has 1 aromatic carbocycles. The first-order valence-electron chi connectivity index (χ1n) is 17.6. The second kappa shape index (κ2) is 10.5. The van der Waals surface area contributed by atoms with E-state index in [0.717, 1.165) is 6.07 Å². The minimum Gasteiger partial charge on any atom is -0.394 e. The van der Waals surface area contributed by atoms with Crippen molar-refractivity contribution in [3.8, 4) is 0 Å². The summed E-state index contributed by atoms with van der Waals surface area (Å²) in [7, 11) is 0. The molecule has 2 aliphatic rings. The number of aliphatic hydroxyl groups is 3. The van der Waals surface area contributed by atoms with Crippen molar-refractivity contribution in [3.63, 3.8) is 0 Å². The van der Waals surface area contributed by atoms with E-state index in [0.29, 0.717) is 17.3 Å². The molecule has 0 unspecified atom stereocenters. The van der Waals surface area contributed by atoms with Crippen molar-refractivity contribution in [1.29, 1.82) is 0 Å². The summed E-state index contributed by atoms with van der Waals surface area (Å²) >= 11 is 0.398. The number of nitrogens with one attached hydrogen (secondary N) is 1. The smallest absolute Gasteiger partial charge is 0.191 e. The number of aryl methyl sites for hydroxylation is 1. The highest BCUT2D eigenvalue weighted by Crippen LogP contribution is 2.44. The zero-order chi connectivity index (χ0) is 38.1. The lowest BCUT2D eigenvalue weighted by atomic mass is 10.1. The van der Waals surface area contributed by atoms with Crippen molar-refractivity contribution in [1.82, 2.24) is 25.0 Å². The van der Waals surface area contributed by atoms with Crippen LogP contribution in [0.15, 0.2) is 23.4 Å². The molecular weight excluding hydrogens is 487 g/mol. The first-order valence-corrected chi connectivity index (χ1v) is 11.5. The van der Waals surface area contributed by atoms with Gasteiger partial charge < -0.3 is 25.4 Å². The van der Waals surface area contributed by atoms with Crippen molar-refractivity contribution in [2.75, 3.05) is 24.1 Å². The van der Waals surface area contributed by atoms with Gasteiger partial charge in [0.2, 0.25) is 0 Å². The van der Waals surface area contributed by atoms with Crippen LogP contribution in [0, 0.1) is 12.7 Å². The fraction of sp³-hybridized carbons (Fsp3) is 0.583. The molecule has 0 aliphatic heterocycles.